The molecule has 0 aromatic heterocycles. The van der Waals surface area contributed by atoms with Crippen LogP contribution in [0.25, 0.3) is 0 Å². The Kier molecular flexibility index (Phi) is 6.42. The van der Waals surface area contributed by atoms with Crippen LogP contribution in [0.5, 0.6) is 11.5 Å². The quantitative estimate of drug-likeness (QED) is 0.776. The Morgan fingerprint density at radius 2 is 1.58 bits per heavy atom. The second kappa shape index (κ2) is 8.54. The fourth-order valence-electron chi connectivity index (χ4n) is 4.33. The maximum atomic E-state index is 5.46. The van der Waals surface area contributed by atoms with Gasteiger partial charge < -0.3 is 19.3 Å². The number of likely N-dealkylation sites (tertiary alicyclic amines) is 2. The van der Waals surface area contributed by atoms with Crippen LogP contribution < -0.4 is 19.3 Å². The molecule has 2 N–H and O–H groups in total. The van der Waals surface area contributed by atoms with Gasteiger partial charge >= 0.3 is 0 Å². The number of nitrogens with one attached hydrogen (secondary N) is 2. The molecule has 2 aliphatic heterocycles. The van der Waals surface area contributed by atoms with Gasteiger partial charge in [0.05, 0.1) is 46.4 Å². The summed E-state index contributed by atoms with van der Waals surface area (Å²) in [7, 11) is 3.39. The van der Waals surface area contributed by atoms with Gasteiger partial charge in [-0.05, 0) is 31.4 Å². The molecule has 0 atom stereocenters. The van der Waals surface area contributed by atoms with Crippen molar-refractivity contribution in [2.24, 2.45) is 0 Å². The minimum Gasteiger partial charge on any atom is -0.493 e. The first-order valence-corrected chi connectivity index (χ1v) is 10.1. The van der Waals surface area contributed by atoms with E-state index in [0.717, 1.165) is 28.6 Å². The molecule has 0 unspecified atom stereocenters. The molecule has 0 amide bonds. The van der Waals surface area contributed by atoms with Gasteiger partial charge in [0.1, 0.15) is 6.54 Å². The maximum Gasteiger partial charge on any atom is 0.161 e. The van der Waals surface area contributed by atoms with Crippen LogP contribution in [-0.2, 0) is 6.54 Å². The SMILES string of the molecule is COc1cc(Br)c(C[NH+]2CCC([NH+]3CCCCC3)CC2)cc1OC. The third kappa shape index (κ3) is 4.24. The smallest absolute Gasteiger partial charge is 0.161 e. The fourth-order valence-corrected chi connectivity index (χ4v) is 4.79. The number of ether oxygens (including phenoxy) is 2. The third-order valence-electron chi connectivity index (χ3n) is 5.76. The van der Waals surface area contributed by atoms with Crippen molar-refractivity contribution in [1.82, 2.24) is 0 Å². The van der Waals surface area contributed by atoms with Crippen LogP contribution in [0, 0.1) is 0 Å². The van der Waals surface area contributed by atoms with Crippen LogP contribution in [0.15, 0.2) is 16.6 Å². The summed E-state index contributed by atoms with van der Waals surface area (Å²) in [5.74, 6) is 1.61. The Morgan fingerprint density at radius 3 is 2.21 bits per heavy atom. The second-order valence-electron chi connectivity index (χ2n) is 7.22. The number of benzene rings is 1. The van der Waals surface area contributed by atoms with Crippen LogP contribution in [0.4, 0.5) is 0 Å². The molecule has 3 rings (SSSR count). The molecule has 1 aromatic rings. The van der Waals surface area contributed by atoms with E-state index in [4.69, 9.17) is 9.47 Å². The molecular formula is C19H31BrN2O2+2. The van der Waals surface area contributed by atoms with Crippen molar-refractivity contribution < 1.29 is 19.3 Å². The number of hydrogen-bond donors (Lipinski definition) is 2. The van der Waals surface area contributed by atoms with Crippen LogP contribution in [0.3, 0.4) is 0 Å². The summed E-state index contributed by atoms with van der Waals surface area (Å²) in [6.45, 7) is 6.44. The summed E-state index contributed by atoms with van der Waals surface area (Å²) in [4.78, 5) is 3.57. The number of hydrogen-bond acceptors (Lipinski definition) is 2. The van der Waals surface area contributed by atoms with Crippen molar-refractivity contribution in [2.75, 3.05) is 40.4 Å². The second-order valence-corrected chi connectivity index (χ2v) is 8.07. The van der Waals surface area contributed by atoms with Gasteiger partial charge in [-0.1, -0.05) is 15.9 Å². The van der Waals surface area contributed by atoms with Crippen LogP contribution in [-0.4, -0.2) is 46.4 Å². The first kappa shape index (κ1) is 18.0. The number of methoxy groups -OCH3 is 2. The predicted molar refractivity (Wildman–Crippen MR) is 99.2 cm³/mol. The zero-order chi connectivity index (χ0) is 16.9. The number of rotatable bonds is 5. The van der Waals surface area contributed by atoms with Gasteiger partial charge in [0, 0.05) is 22.9 Å². The van der Waals surface area contributed by atoms with Crippen molar-refractivity contribution in [3.05, 3.63) is 22.2 Å². The molecule has 134 valence electrons. The van der Waals surface area contributed by atoms with Crippen molar-refractivity contribution in [3.63, 3.8) is 0 Å². The molecule has 0 aliphatic carbocycles. The fraction of sp³-hybridized carbons (Fsp3) is 0.684. The molecule has 0 radical (unpaired) electrons. The lowest BCUT2D eigenvalue weighted by Crippen LogP contribution is -3.20. The van der Waals surface area contributed by atoms with Crippen LogP contribution >= 0.6 is 15.9 Å². The Hall–Kier alpha value is -0.780. The van der Waals surface area contributed by atoms with Crippen LogP contribution in [0.1, 0.15) is 37.7 Å². The molecule has 0 bridgehead atoms. The van der Waals surface area contributed by atoms with Gasteiger partial charge in [-0.25, -0.2) is 0 Å². The van der Waals surface area contributed by atoms with Crippen molar-refractivity contribution in [1.29, 1.82) is 0 Å². The normalized spacial score (nSPS) is 25.5. The highest BCUT2D eigenvalue weighted by molar-refractivity contribution is 9.10. The summed E-state index contributed by atoms with van der Waals surface area (Å²) in [6, 6.07) is 5.05. The lowest BCUT2D eigenvalue weighted by atomic mass is 9.99. The average Bonchev–Trinajstić information content (AvgIpc) is 2.64. The zero-order valence-corrected chi connectivity index (χ0v) is 16.6. The predicted octanol–water partition coefficient (Wildman–Crippen LogP) is 1.08. The van der Waals surface area contributed by atoms with E-state index in [1.165, 1.54) is 63.8 Å². The molecule has 2 saturated heterocycles. The Balaban J connectivity index is 1.57. The van der Waals surface area contributed by atoms with E-state index in [-0.39, 0.29) is 0 Å². The summed E-state index contributed by atoms with van der Waals surface area (Å²) in [5.41, 5.74) is 1.31. The molecule has 2 heterocycles. The lowest BCUT2D eigenvalue weighted by Gasteiger charge is -2.36. The highest BCUT2D eigenvalue weighted by Crippen LogP contribution is 2.32. The number of quaternary nitrogens is 2. The van der Waals surface area contributed by atoms with E-state index in [9.17, 15) is 0 Å². The van der Waals surface area contributed by atoms with Gasteiger partial charge in [-0.15, -0.1) is 0 Å². The number of piperidine rings is 2. The molecule has 4 nitrogen and oxygen atoms in total. The molecule has 1 aromatic carbocycles. The average molecular weight is 399 g/mol. The Morgan fingerprint density at radius 1 is 0.958 bits per heavy atom. The molecule has 24 heavy (non-hydrogen) atoms. The monoisotopic (exact) mass is 398 g/mol. The molecule has 0 saturated carbocycles. The van der Waals surface area contributed by atoms with Gasteiger partial charge in [0.25, 0.3) is 0 Å². The minimum absolute atomic E-state index is 0.788. The summed E-state index contributed by atoms with van der Waals surface area (Å²) < 4.78 is 12.0. The highest BCUT2D eigenvalue weighted by Gasteiger charge is 2.31. The highest BCUT2D eigenvalue weighted by atomic mass is 79.9. The lowest BCUT2D eigenvalue weighted by molar-refractivity contribution is -0.965. The van der Waals surface area contributed by atoms with E-state index in [0.29, 0.717) is 0 Å². The number of halogens is 1. The first-order valence-electron chi connectivity index (χ1n) is 9.29. The van der Waals surface area contributed by atoms with Gasteiger partial charge in [0.15, 0.2) is 11.5 Å². The van der Waals surface area contributed by atoms with Crippen molar-refractivity contribution >= 4 is 15.9 Å². The Bertz CT molecular complexity index is 538. The van der Waals surface area contributed by atoms with Gasteiger partial charge in [-0.3, -0.25) is 0 Å². The van der Waals surface area contributed by atoms with E-state index >= 15 is 0 Å². The van der Waals surface area contributed by atoms with Crippen molar-refractivity contribution in [3.8, 4) is 11.5 Å². The molecular weight excluding hydrogens is 368 g/mol. The van der Waals surface area contributed by atoms with Crippen molar-refractivity contribution in [2.45, 2.75) is 44.7 Å². The zero-order valence-electron chi connectivity index (χ0n) is 15.0. The van der Waals surface area contributed by atoms with E-state index in [1.54, 1.807) is 19.1 Å². The summed E-state index contributed by atoms with van der Waals surface area (Å²) in [6.07, 6.45) is 7.05. The van der Waals surface area contributed by atoms with Gasteiger partial charge in [-0.2, -0.15) is 0 Å². The summed E-state index contributed by atoms with van der Waals surface area (Å²) >= 11 is 3.70. The molecule has 2 aliphatic rings. The Labute approximate surface area is 154 Å². The van der Waals surface area contributed by atoms with E-state index in [1.807, 2.05) is 11.0 Å². The topological polar surface area (TPSA) is 27.3 Å². The largest absolute Gasteiger partial charge is 0.493 e. The first-order chi connectivity index (χ1) is 11.7. The molecule has 2 fully saturated rings. The molecule has 5 heteroatoms. The van der Waals surface area contributed by atoms with Gasteiger partial charge in [0.2, 0.25) is 0 Å². The standard InChI is InChI=1S/C19H29BrN2O2/c1-23-18-12-15(17(20)13-19(18)24-2)14-21-10-6-16(7-11-21)22-8-4-3-5-9-22/h12-13,16H,3-11,14H2,1-2H3/p+2. The summed E-state index contributed by atoms with van der Waals surface area (Å²) in [5, 5.41) is 0. The van der Waals surface area contributed by atoms with Crippen LogP contribution in [0.2, 0.25) is 0 Å². The van der Waals surface area contributed by atoms with E-state index < -0.39 is 0 Å². The molecule has 0 spiro atoms. The van der Waals surface area contributed by atoms with E-state index in [2.05, 4.69) is 22.0 Å². The minimum atomic E-state index is 0.788. The third-order valence-corrected chi connectivity index (χ3v) is 6.50. The maximum absolute atomic E-state index is 5.46.